The van der Waals surface area contributed by atoms with Crippen LogP contribution in [0.2, 0.25) is 0 Å². The first kappa shape index (κ1) is 25.6. The molecule has 0 aliphatic carbocycles. The van der Waals surface area contributed by atoms with Gasteiger partial charge in [0.25, 0.3) is 0 Å². The second-order valence-corrected chi connectivity index (χ2v) is 8.96. The van der Waals surface area contributed by atoms with E-state index in [9.17, 15) is 15.0 Å². The summed E-state index contributed by atoms with van der Waals surface area (Å²) in [4.78, 5) is 11.0. The summed E-state index contributed by atoms with van der Waals surface area (Å²) in [6.45, 7) is 12.1. The van der Waals surface area contributed by atoms with E-state index in [0.29, 0.717) is 25.9 Å². The van der Waals surface area contributed by atoms with Gasteiger partial charge in [-0.2, -0.15) is 0 Å². The smallest absolute Gasteiger partial charge is 0.333 e. The number of carboxylic acid groups (broad SMARTS) is 1. The second-order valence-electron chi connectivity index (χ2n) is 8.96. The standard InChI is InChI=1S/C24H40O5/c1-17(2)8-6-9-18(3)10-7-15-24(5,28)22(25)14-12-20-11-13-21(29-16-20)19(4)23(26)27/h8,10,20-22,25,28H,4,6-7,9,11-16H2,1-3,5H3,(H,26,27)/b18-10+/t20-,21-,22?,24?/m1/s1. The van der Waals surface area contributed by atoms with E-state index in [1.54, 1.807) is 6.92 Å². The molecule has 0 radical (unpaired) electrons. The third-order valence-electron chi connectivity index (χ3n) is 5.83. The van der Waals surface area contributed by atoms with Crippen molar-refractivity contribution in [2.24, 2.45) is 5.92 Å². The minimum Gasteiger partial charge on any atom is -0.478 e. The highest BCUT2D eigenvalue weighted by molar-refractivity contribution is 5.86. The van der Waals surface area contributed by atoms with Gasteiger partial charge in [-0.25, -0.2) is 4.79 Å². The number of allylic oxidation sites excluding steroid dienone is 4. The predicted molar refractivity (Wildman–Crippen MR) is 117 cm³/mol. The van der Waals surface area contributed by atoms with Gasteiger partial charge in [0.2, 0.25) is 0 Å². The quantitative estimate of drug-likeness (QED) is 0.319. The van der Waals surface area contributed by atoms with Crippen molar-refractivity contribution in [2.75, 3.05) is 6.61 Å². The SMILES string of the molecule is C=C(C(=O)O)[C@H]1CC[C@H](CCC(O)C(C)(O)CC/C=C(\C)CCC=C(C)C)CO1. The topological polar surface area (TPSA) is 87.0 Å². The van der Waals surface area contributed by atoms with Gasteiger partial charge < -0.3 is 20.1 Å². The highest BCUT2D eigenvalue weighted by atomic mass is 16.5. The molecule has 5 nitrogen and oxygen atoms in total. The molecule has 29 heavy (non-hydrogen) atoms. The van der Waals surface area contributed by atoms with Crippen LogP contribution in [0.4, 0.5) is 0 Å². The van der Waals surface area contributed by atoms with Gasteiger partial charge in [0.15, 0.2) is 0 Å². The summed E-state index contributed by atoms with van der Waals surface area (Å²) in [5.74, 6) is -0.739. The maximum Gasteiger partial charge on any atom is 0.333 e. The van der Waals surface area contributed by atoms with Crippen LogP contribution in [0.1, 0.15) is 79.1 Å². The maximum atomic E-state index is 11.0. The molecule has 4 atom stereocenters. The number of rotatable bonds is 12. The molecule has 0 amide bonds. The van der Waals surface area contributed by atoms with Gasteiger partial charge in [0, 0.05) is 0 Å². The molecule has 0 bridgehead atoms. The van der Waals surface area contributed by atoms with Gasteiger partial charge in [-0.1, -0.05) is 29.9 Å². The summed E-state index contributed by atoms with van der Waals surface area (Å²) in [6, 6.07) is 0. The summed E-state index contributed by atoms with van der Waals surface area (Å²) in [6.07, 6.45) is 9.26. The van der Waals surface area contributed by atoms with Gasteiger partial charge in [-0.05, 0) is 85.0 Å². The fraction of sp³-hybridized carbons (Fsp3) is 0.708. The Labute approximate surface area is 176 Å². The van der Waals surface area contributed by atoms with Gasteiger partial charge >= 0.3 is 5.97 Å². The second kappa shape index (κ2) is 12.3. The normalized spacial score (nSPS) is 23.2. The first-order chi connectivity index (χ1) is 13.5. The Morgan fingerprint density at radius 3 is 2.48 bits per heavy atom. The Hall–Kier alpha value is -1.43. The molecule has 166 valence electrons. The van der Waals surface area contributed by atoms with Crippen LogP contribution in [0, 0.1) is 5.92 Å². The number of ether oxygens (including phenoxy) is 1. The molecule has 1 aliphatic heterocycles. The number of carboxylic acids is 1. The Morgan fingerprint density at radius 1 is 1.24 bits per heavy atom. The van der Waals surface area contributed by atoms with Gasteiger partial charge in [-0.3, -0.25) is 0 Å². The van der Waals surface area contributed by atoms with Crippen LogP contribution < -0.4 is 0 Å². The van der Waals surface area contributed by atoms with Crippen LogP contribution in [0.25, 0.3) is 0 Å². The zero-order chi connectivity index (χ0) is 22.0. The molecule has 5 heteroatoms. The van der Waals surface area contributed by atoms with Crippen LogP contribution in [0.3, 0.4) is 0 Å². The molecule has 3 N–H and O–H groups in total. The number of hydrogen-bond donors (Lipinski definition) is 3. The third kappa shape index (κ3) is 9.75. The number of carbonyl (C=O) groups is 1. The van der Waals surface area contributed by atoms with E-state index in [-0.39, 0.29) is 11.5 Å². The lowest BCUT2D eigenvalue weighted by molar-refractivity contribution is -0.135. The fourth-order valence-corrected chi connectivity index (χ4v) is 3.62. The third-order valence-corrected chi connectivity index (χ3v) is 5.83. The summed E-state index contributed by atoms with van der Waals surface area (Å²) in [5.41, 5.74) is 1.63. The minimum atomic E-state index is -1.12. The molecule has 0 aromatic carbocycles. The first-order valence-corrected chi connectivity index (χ1v) is 10.8. The molecule has 1 heterocycles. The number of aliphatic hydroxyl groups excluding tert-OH is 1. The summed E-state index contributed by atoms with van der Waals surface area (Å²) >= 11 is 0. The molecule has 0 aromatic rings. The average molecular weight is 409 g/mol. The van der Waals surface area contributed by atoms with Gasteiger partial charge in [0.1, 0.15) is 0 Å². The number of hydrogen-bond acceptors (Lipinski definition) is 4. The zero-order valence-electron chi connectivity index (χ0n) is 18.6. The zero-order valence-corrected chi connectivity index (χ0v) is 18.6. The lowest BCUT2D eigenvalue weighted by atomic mass is 9.85. The Morgan fingerprint density at radius 2 is 1.93 bits per heavy atom. The summed E-state index contributed by atoms with van der Waals surface area (Å²) in [5, 5.41) is 30.1. The van der Waals surface area contributed by atoms with Crippen LogP contribution in [0.5, 0.6) is 0 Å². The fourth-order valence-electron chi connectivity index (χ4n) is 3.62. The molecule has 2 unspecified atom stereocenters. The predicted octanol–water partition coefficient (Wildman–Crippen LogP) is 4.79. The van der Waals surface area contributed by atoms with E-state index in [1.165, 1.54) is 11.1 Å². The lowest BCUT2D eigenvalue weighted by Gasteiger charge is -2.32. The molecular formula is C24H40O5. The average Bonchev–Trinajstić information content (AvgIpc) is 2.65. The van der Waals surface area contributed by atoms with Crippen molar-refractivity contribution in [2.45, 2.75) is 96.9 Å². The highest BCUT2D eigenvalue weighted by Crippen LogP contribution is 2.29. The van der Waals surface area contributed by atoms with Crippen molar-refractivity contribution in [1.29, 1.82) is 0 Å². The molecule has 1 rings (SSSR count). The maximum absolute atomic E-state index is 11.0. The Kier molecular flexibility index (Phi) is 10.9. The van der Waals surface area contributed by atoms with E-state index >= 15 is 0 Å². The molecule has 1 fully saturated rings. The van der Waals surface area contributed by atoms with E-state index in [2.05, 4.69) is 39.5 Å². The van der Waals surface area contributed by atoms with Crippen molar-refractivity contribution in [3.05, 3.63) is 35.5 Å². The van der Waals surface area contributed by atoms with Crippen LogP contribution >= 0.6 is 0 Å². The Balaban J connectivity index is 2.34. The van der Waals surface area contributed by atoms with Crippen molar-refractivity contribution < 1.29 is 24.9 Å². The molecule has 0 spiro atoms. The molecule has 1 saturated heterocycles. The number of aliphatic hydroxyl groups is 2. The molecular weight excluding hydrogens is 368 g/mol. The largest absolute Gasteiger partial charge is 0.478 e. The molecule has 1 aliphatic rings. The van der Waals surface area contributed by atoms with E-state index in [0.717, 1.165) is 32.1 Å². The van der Waals surface area contributed by atoms with Crippen LogP contribution in [0.15, 0.2) is 35.5 Å². The van der Waals surface area contributed by atoms with Gasteiger partial charge in [-0.15, -0.1) is 0 Å². The molecule has 0 saturated carbocycles. The van der Waals surface area contributed by atoms with Crippen molar-refractivity contribution in [1.82, 2.24) is 0 Å². The van der Waals surface area contributed by atoms with E-state index < -0.39 is 23.8 Å². The van der Waals surface area contributed by atoms with Crippen LogP contribution in [-0.4, -0.2) is 45.7 Å². The lowest BCUT2D eigenvalue weighted by Crippen LogP contribution is -2.39. The summed E-state index contributed by atoms with van der Waals surface area (Å²) in [7, 11) is 0. The van der Waals surface area contributed by atoms with Crippen molar-refractivity contribution in [3.63, 3.8) is 0 Å². The Bertz CT molecular complexity index is 590. The van der Waals surface area contributed by atoms with Crippen molar-refractivity contribution in [3.8, 4) is 0 Å². The minimum absolute atomic E-state index is 0.107. The monoisotopic (exact) mass is 408 g/mol. The van der Waals surface area contributed by atoms with E-state index in [1.807, 2.05) is 0 Å². The van der Waals surface area contributed by atoms with Crippen LogP contribution in [-0.2, 0) is 9.53 Å². The van der Waals surface area contributed by atoms with Gasteiger partial charge in [0.05, 0.1) is 30.0 Å². The highest BCUT2D eigenvalue weighted by Gasteiger charge is 2.31. The van der Waals surface area contributed by atoms with E-state index in [4.69, 9.17) is 9.84 Å². The summed E-state index contributed by atoms with van der Waals surface area (Å²) < 4.78 is 5.63. The number of aliphatic carboxylic acids is 1. The molecule has 0 aromatic heterocycles. The first-order valence-electron chi connectivity index (χ1n) is 10.8. The van der Waals surface area contributed by atoms with Crippen molar-refractivity contribution >= 4 is 5.97 Å².